The molecule has 0 spiro atoms. The number of phenolic OH excluding ortho intramolecular Hbond substituents is 1. The molecule has 21 heavy (non-hydrogen) atoms. The molecule has 1 heterocycles. The SMILES string of the molecule is Nc1cc(Br)ccc1-c1nc(Cc2ccc(O)cc2)no1. The summed E-state index contributed by atoms with van der Waals surface area (Å²) in [5.41, 5.74) is 8.22. The predicted octanol–water partition coefficient (Wildman–Crippen LogP) is 3.38. The number of benzene rings is 2. The zero-order chi connectivity index (χ0) is 14.8. The lowest BCUT2D eigenvalue weighted by Crippen LogP contribution is -1.92. The number of aromatic nitrogens is 2. The van der Waals surface area contributed by atoms with E-state index in [1.807, 2.05) is 24.3 Å². The van der Waals surface area contributed by atoms with Crippen molar-refractivity contribution in [3.63, 3.8) is 0 Å². The molecule has 0 saturated carbocycles. The Bertz CT molecular complexity index is 769. The molecule has 0 aliphatic rings. The van der Waals surface area contributed by atoms with Gasteiger partial charge in [-0.25, -0.2) is 0 Å². The quantitative estimate of drug-likeness (QED) is 0.710. The van der Waals surface area contributed by atoms with Crippen LogP contribution in [0.15, 0.2) is 51.5 Å². The predicted molar refractivity (Wildman–Crippen MR) is 82.8 cm³/mol. The summed E-state index contributed by atoms with van der Waals surface area (Å²) in [5.74, 6) is 1.20. The third kappa shape index (κ3) is 3.05. The van der Waals surface area contributed by atoms with Crippen LogP contribution in [0.2, 0.25) is 0 Å². The smallest absolute Gasteiger partial charge is 0.260 e. The maximum atomic E-state index is 9.26. The molecule has 3 aromatic rings. The highest BCUT2D eigenvalue weighted by Crippen LogP contribution is 2.27. The van der Waals surface area contributed by atoms with Gasteiger partial charge < -0.3 is 15.4 Å². The van der Waals surface area contributed by atoms with Crippen LogP contribution in [0, 0.1) is 0 Å². The van der Waals surface area contributed by atoms with Crippen LogP contribution >= 0.6 is 15.9 Å². The fraction of sp³-hybridized carbons (Fsp3) is 0.0667. The molecule has 0 radical (unpaired) electrons. The second kappa shape index (κ2) is 5.57. The molecule has 0 aliphatic heterocycles. The molecule has 106 valence electrons. The van der Waals surface area contributed by atoms with Crippen LogP contribution in [0.3, 0.4) is 0 Å². The summed E-state index contributed by atoms with van der Waals surface area (Å²) in [5, 5.41) is 13.2. The Balaban J connectivity index is 1.84. The third-order valence-corrected chi connectivity index (χ3v) is 3.50. The molecule has 3 N–H and O–H groups in total. The van der Waals surface area contributed by atoms with Crippen LogP contribution in [0.25, 0.3) is 11.5 Å². The van der Waals surface area contributed by atoms with Crippen molar-refractivity contribution in [1.29, 1.82) is 0 Å². The van der Waals surface area contributed by atoms with Gasteiger partial charge in [0.1, 0.15) is 5.75 Å². The van der Waals surface area contributed by atoms with E-state index in [1.54, 1.807) is 18.2 Å². The molecule has 0 aliphatic carbocycles. The molecule has 0 atom stereocenters. The van der Waals surface area contributed by atoms with Gasteiger partial charge in [0, 0.05) is 16.6 Å². The van der Waals surface area contributed by atoms with Crippen LogP contribution < -0.4 is 5.73 Å². The number of hydrogen-bond donors (Lipinski definition) is 2. The first-order valence-electron chi connectivity index (χ1n) is 6.28. The highest BCUT2D eigenvalue weighted by atomic mass is 79.9. The van der Waals surface area contributed by atoms with E-state index in [2.05, 4.69) is 26.1 Å². The van der Waals surface area contributed by atoms with E-state index in [0.717, 1.165) is 10.0 Å². The Kier molecular flexibility index (Phi) is 3.62. The summed E-state index contributed by atoms with van der Waals surface area (Å²) in [4.78, 5) is 4.35. The molecule has 3 rings (SSSR count). The van der Waals surface area contributed by atoms with E-state index in [-0.39, 0.29) is 5.75 Å². The third-order valence-electron chi connectivity index (χ3n) is 3.01. The van der Waals surface area contributed by atoms with Gasteiger partial charge >= 0.3 is 0 Å². The minimum atomic E-state index is 0.232. The molecular formula is C15H12BrN3O2. The average molecular weight is 346 g/mol. The van der Waals surface area contributed by atoms with Gasteiger partial charge in [0.25, 0.3) is 5.89 Å². The number of nitrogen functional groups attached to an aromatic ring is 1. The molecule has 6 heteroatoms. The Hall–Kier alpha value is -2.34. The Morgan fingerprint density at radius 2 is 1.90 bits per heavy atom. The Morgan fingerprint density at radius 3 is 2.62 bits per heavy atom. The number of phenols is 1. The fourth-order valence-corrected chi connectivity index (χ4v) is 2.34. The van der Waals surface area contributed by atoms with Gasteiger partial charge in [0.15, 0.2) is 5.82 Å². The van der Waals surface area contributed by atoms with E-state index < -0.39 is 0 Å². The average Bonchev–Trinajstić information content (AvgIpc) is 2.90. The van der Waals surface area contributed by atoms with Gasteiger partial charge in [-0.3, -0.25) is 0 Å². The largest absolute Gasteiger partial charge is 0.508 e. The first kappa shape index (κ1) is 13.6. The van der Waals surface area contributed by atoms with E-state index in [9.17, 15) is 5.11 Å². The Morgan fingerprint density at radius 1 is 1.14 bits per heavy atom. The van der Waals surface area contributed by atoms with Crippen molar-refractivity contribution >= 4 is 21.6 Å². The van der Waals surface area contributed by atoms with Gasteiger partial charge in [-0.1, -0.05) is 33.2 Å². The summed E-state index contributed by atoms with van der Waals surface area (Å²) >= 11 is 3.36. The van der Waals surface area contributed by atoms with Gasteiger partial charge in [0.2, 0.25) is 0 Å². The number of rotatable bonds is 3. The molecule has 0 unspecified atom stereocenters. The minimum Gasteiger partial charge on any atom is -0.508 e. The summed E-state index contributed by atoms with van der Waals surface area (Å²) in [6, 6.07) is 12.4. The van der Waals surface area contributed by atoms with E-state index >= 15 is 0 Å². The first-order valence-corrected chi connectivity index (χ1v) is 7.07. The number of nitrogens with two attached hydrogens (primary N) is 1. The van der Waals surface area contributed by atoms with Gasteiger partial charge in [0.05, 0.1) is 5.56 Å². The van der Waals surface area contributed by atoms with Crippen LogP contribution in [-0.2, 0) is 6.42 Å². The number of hydrogen-bond acceptors (Lipinski definition) is 5. The Labute approximate surface area is 129 Å². The molecule has 0 amide bonds. The van der Waals surface area contributed by atoms with Gasteiger partial charge in [-0.05, 0) is 35.9 Å². The maximum absolute atomic E-state index is 9.26. The fourth-order valence-electron chi connectivity index (χ4n) is 1.96. The summed E-state index contributed by atoms with van der Waals surface area (Å²) in [6.45, 7) is 0. The van der Waals surface area contributed by atoms with Gasteiger partial charge in [-0.2, -0.15) is 4.98 Å². The second-order valence-corrected chi connectivity index (χ2v) is 5.51. The lowest BCUT2D eigenvalue weighted by atomic mass is 10.1. The van der Waals surface area contributed by atoms with E-state index in [0.29, 0.717) is 29.4 Å². The molecule has 2 aromatic carbocycles. The molecule has 0 saturated heterocycles. The highest BCUT2D eigenvalue weighted by molar-refractivity contribution is 9.10. The lowest BCUT2D eigenvalue weighted by molar-refractivity contribution is 0.424. The number of halogens is 1. The highest BCUT2D eigenvalue weighted by Gasteiger charge is 2.12. The van der Waals surface area contributed by atoms with Crippen LogP contribution in [0.5, 0.6) is 5.75 Å². The summed E-state index contributed by atoms with van der Waals surface area (Å²) in [6.07, 6.45) is 0.528. The van der Waals surface area contributed by atoms with Crippen molar-refractivity contribution in [3.05, 3.63) is 58.3 Å². The second-order valence-electron chi connectivity index (χ2n) is 4.59. The van der Waals surface area contributed by atoms with E-state index in [1.165, 1.54) is 0 Å². The zero-order valence-electron chi connectivity index (χ0n) is 11.0. The number of aromatic hydroxyl groups is 1. The van der Waals surface area contributed by atoms with Crippen molar-refractivity contribution < 1.29 is 9.63 Å². The van der Waals surface area contributed by atoms with Crippen LogP contribution in [0.1, 0.15) is 11.4 Å². The molecule has 0 bridgehead atoms. The molecule has 5 nitrogen and oxygen atoms in total. The van der Waals surface area contributed by atoms with Gasteiger partial charge in [-0.15, -0.1) is 0 Å². The summed E-state index contributed by atoms with van der Waals surface area (Å²) < 4.78 is 6.16. The van der Waals surface area contributed by atoms with Crippen molar-refractivity contribution in [2.45, 2.75) is 6.42 Å². The first-order chi connectivity index (χ1) is 10.1. The number of anilines is 1. The lowest BCUT2D eigenvalue weighted by Gasteiger charge is -2.00. The van der Waals surface area contributed by atoms with E-state index in [4.69, 9.17) is 10.3 Å². The summed E-state index contributed by atoms with van der Waals surface area (Å²) in [7, 11) is 0. The normalized spacial score (nSPS) is 10.7. The monoisotopic (exact) mass is 345 g/mol. The minimum absolute atomic E-state index is 0.232. The van der Waals surface area contributed by atoms with Crippen LogP contribution in [0.4, 0.5) is 5.69 Å². The number of nitrogens with zero attached hydrogens (tertiary/aromatic N) is 2. The van der Waals surface area contributed by atoms with Crippen molar-refractivity contribution in [2.24, 2.45) is 0 Å². The standard InChI is InChI=1S/C15H12BrN3O2/c16-10-3-6-12(13(17)8-10)15-18-14(19-21-15)7-9-1-4-11(20)5-2-9/h1-6,8,20H,7,17H2. The van der Waals surface area contributed by atoms with Crippen molar-refractivity contribution in [1.82, 2.24) is 10.1 Å². The zero-order valence-corrected chi connectivity index (χ0v) is 12.5. The van der Waals surface area contributed by atoms with Crippen LogP contribution in [-0.4, -0.2) is 15.2 Å². The molecular weight excluding hydrogens is 334 g/mol. The molecule has 0 fully saturated rings. The maximum Gasteiger partial charge on any atom is 0.260 e. The molecule has 1 aromatic heterocycles. The topological polar surface area (TPSA) is 85.2 Å². The van der Waals surface area contributed by atoms with Crippen molar-refractivity contribution in [2.75, 3.05) is 5.73 Å². The van der Waals surface area contributed by atoms with Crippen molar-refractivity contribution in [3.8, 4) is 17.2 Å².